The Morgan fingerprint density at radius 2 is 0.943 bits per heavy atom. The third kappa shape index (κ3) is 7.80. The smallest absolute Gasteiger partial charge is 0.257 e. The molecule has 4 aliphatic rings. The van der Waals surface area contributed by atoms with Gasteiger partial charge in [0.05, 0.1) is 17.5 Å². The minimum Gasteiger partial charge on any atom is -0.316 e. The van der Waals surface area contributed by atoms with Gasteiger partial charge in [-0.05, 0) is 96.2 Å². The van der Waals surface area contributed by atoms with Gasteiger partial charge in [0, 0.05) is 57.6 Å². The summed E-state index contributed by atoms with van der Waals surface area (Å²) < 4.78 is 97.7. The Bertz CT molecular complexity index is 1780. The first-order valence-corrected chi connectivity index (χ1v) is 18.1. The Labute approximate surface area is 305 Å². The largest absolute Gasteiger partial charge is 0.316 e. The van der Waals surface area contributed by atoms with Gasteiger partial charge >= 0.3 is 0 Å². The summed E-state index contributed by atoms with van der Waals surface area (Å²) >= 11 is 0. The maximum Gasteiger partial charge on any atom is 0.257 e. The van der Waals surface area contributed by atoms with E-state index in [1.54, 1.807) is 54.6 Å². The van der Waals surface area contributed by atoms with Crippen LogP contribution in [0.3, 0.4) is 0 Å². The van der Waals surface area contributed by atoms with Crippen LogP contribution in [-0.2, 0) is 0 Å². The molecule has 3 fully saturated rings. The summed E-state index contributed by atoms with van der Waals surface area (Å²) in [5.41, 5.74) is 1.87. The van der Waals surface area contributed by atoms with Gasteiger partial charge in [0.2, 0.25) is 0 Å². The van der Waals surface area contributed by atoms with Crippen molar-refractivity contribution in [3.05, 3.63) is 154 Å². The normalized spacial score (nSPS) is 24.5. The van der Waals surface area contributed by atoms with E-state index in [1.165, 1.54) is 48.5 Å². The summed E-state index contributed by atoms with van der Waals surface area (Å²) in [7, 11) is 0. The van der Waals surface area contributed by atoms with Crippen LogP contribution in [-0.4, -0.2) is 68.1 Å². The molecule has 4 aromatic rings. The zero-order chi connectivity index (χ0) is 37.2. The zero-order valence-electron chi connectivity index (χ0n) is 29.3. The van der Waals surface area contributed by atoms with Crippen LogP contribution in [0, 0.1) is 34.1 Å². The average Bonchev–Trinajstić information content (AvgIpc) is 3.78. The van der Waals surface area contributed by atoms with E-state index in [0.717, 1.165) is 35.2 Å². The number of benzene rings is 4. The zero-order valence-corrected chi connectivity index (χ0v) is 29.3. The van der Waals surface area contributed by atoms with E-state index in [0.29, 0.717) is 39.1 Å². The van der Waals surface area contributed by atoms with Crippen molar-refractivity contribution in [1.29, 1.82) is 0 Å². The highest BCUT2D eigenvalue weighted by molar-refractivity contribution is 5.35. The minimum atomic E-state index is -2.72. The standard InChI is InChI=1S/C21H22F4N2.C21H21F3N2/c22-17-5-1-15(2-6-17)19(16-3-7-18(23)8-4-16)27-12-10-20(14-27)13-26-11-9-21(20,24)25;22-17-5-1-15(2-6-17)20(16-3-7-18(23)8-4-16)26-12-10-21(14-26)13-25-11-9-19(21)24/h1-8,19,26H,9-14H2;1-9,20,25H,10-14H2/t20-;21-/m00/s1. The van der Waals surface area contributed by atoms with E-state index in [4.69, 9.17) is 0 Å². The second-order valence-electron chi connectivity index (χ2n) is 14.8. The molecule has 3 saturated heterocycles. The molecular weight excluding hydrogens is 693 g/mol. The molecule has 8 rings (SSSR count). The number of hydrogen-bond donors (Lipinski definition) is 2. The summed E-state index contributed by atoms with van der Waals surface area (Å²) in [5.74, 6) is -4.06. The van der Waals surface area contributed by atoms with E-state index in [1.807, 2.05) is 4.90 Å². The Morgan fingerprint density at radius 3 is 1.38 bits per heavy atom. The predicted octanol–water partition coefficient (Wildman–Crippen LogP) is 8.58. The van der Waals surface area contributed by atoms with E-state index >= 15 is 0 Å². The number of piperidine rings is 1. The molecule has 4 heterocycles. The Hall–Kier alpha value is -4.03. The molecule has 2 atom stereocenters. The first-order valence-electron chi connectivity index (χ1n) is 18.1. The summed E-state index contributed by atoms with van der Waals surface area (Å²) in [5, 5.41) is 6.38. The van der Waals surface area contributed by atoms with Crippen LogP contribution in [0.25, 0.3) is 0 Å². The topological polar surface area (TPSA) is 30.5 Å². The van der Waals surface area contributed by atoms with Crippen LogP contribution in [0.2, 0.25) is 0 Å². The number of alkyl halides is 2. The number of nitrogens with one attached hydrogen (secondary N) is 2. The lowest BCUT2D eigenvalue weighted by Gasteiger charge is -2.42. The lowest BCUT2D eigenvalue weighted by molar-refractivity contribution is -0.136. The van der Waals surface area contributed by atoms with Gasteiger partial charge in [-0.3, -0.25) is 9.80 Å². The quantitative estimate of drug-likeness (QED) is 0.194. The molecule has 2 N–H and O–H groups in total. The number of likely N-dealkylation sites (tertiary alicyclic amines) is 2. The minimum absolute atomic E-state index is 0.0456. The molecule has 11 heteroatoms. The molecule has 2 spiro atoms. The van der Waals surface area contributed by atoms with E-state index in [-0.39, 0.29) is 60.7 Å². The van der Waals surface area contributed by atoms with E-state index < -0.39 is 16.8 Å². The fourth-order valence-electron chi connectivity index (χ4n) is 8.58. The lowest BCUT2D eigenvalue weighted by Crippen LogP contribution is -2.55. The van der Waals surface area contributed by atoms with Gasteiger partial charge in [0.25, 0.3) is 5.92 Å². The highest BCUT2D eigenvalue weighted by atomic mass is 19.3. The molecule has 280 valence electrons. The first kappa shape index (κ1) is 37.3. The number of halogens is 7. The summed E-state index contributed by atoms with van der Waals surface area (Å²) in [4.78, 5) is 4.22. The average molecular weight is 737 g/mol. The second-order valence-corrected chi connectivity index (χ2v) is 14.8. The molecule has 4 aromatic carbocycles. The van der Waals surface area contributed by atoms with Crippen molar-refractivity contribution >= 4 is 0 Å². The van der Waals surface area contributed by atoms with Crippen LogP contribution < -0.4 is 10.6 Å². The molecule has 0 amide bonds. The molecule has 0 radical (unpaired) electrons. The highest BCUT2D eigenvalue weighted by Crippen LogP contribution is 2.50. The molecule has 0 bridgehead atoms. The Kier molecular flexibility index (Phi) is 10.8. The maximum atomic E-state index is 14.7. The van der Waals surface area contributed by atoms with Crippen molar-refractivity contribution in [2.24, 2.45) is 10.8 Å². The number of rotatable bonds is 6. The molecule has 4 nitrogen and oxygen atoms in total. The highest BCUT2D eigenvalue weighted by Gasteiger charge is 2.58. The van der Waals surface area contributed by atoms with Gasteiger partial charge in [-0.25, -0.2) is 30.7 Å². The van der Waals surface area contributed by atoms with Crippen LogP contribution in [0.1, 0.15) is 53.6 Å². The summed E-state index contributed by atoms with van der Waals surface area (Å²) in [6.07, 6.45) is 2.59. The Balaban J connectivity index is 0.000000164. The van der Waals surface area contributed by atoms with Crippen molar-refractivity contribution in [2.75, 3.05) is 52.4 Å². The fourth-order valence-corrected chi connectivity index (χ4v) is 8.58. The molecule has 0 aromatic heterocycles. The summed E-state index contributed by atoms with van der Waals surface area (Å²) in [6.45, 7) is 3.84. The van der Waals surface area contributed by atoms with Gasteiger partial charge in [-0.2, -0.15) is 0 Å². The third-order valence-corrected chi connectivity index (χ3v) is 11.5. The van der Waals surface area contributed by atoms with E-state index in [2.05, 4.69) is 15.5 Å². The van der Waals surface area contributed by atoms with Gasteiger partial charge in [0.15, 0.2) is 0 Å². The van der Waals surface area contributed by atoms with Gasteiger partial charge < -0.3 is 10.6 Å². The molecule has 0 saturated carbocycles. The third-order valence-electron chi connectivity index (χ3n) is 11.5. The molecule has 0 unspecified atom stereocenters. The van der Waals surface area contributed by atoms with Crippen LogP contribution in [0.4, 0.5) is 30.7 Å². The van der Waals surface area contributed by atoms with E-state index in [9.17, 15) is 30.7 Å². The van der Waals surface area contributed by atoms with Crippen LogP contribution in [0.15, 0.2) is 109 Å². The monoisotopic (exact) mass is 736 g/mol. The van der Waals surface area contributed by atoms with Crippen molar-refractivity contribution < 1.29 is 30.7 Å². The maximum absolute atomic E-state index is 14.7. The Morgan fingerprint density at radius 1 is 0.509 bits per heavy atom. The lowest BCUT2D eigenvalue weighted by atomic mass is 9.76. The van der Waals surface area contributed by atoms with Gasteiger partial charge in [-0.15, -0.1) is 0 Å². The SMILES string of the molecule is FC1=CCNC[C@]12CCN(C(c1ccc(F)cc1)c1ccc(F)cc1)C2.Fc1ccc(C(c2ccc(F)cc2)N2CC[C@]3(CNCCC3(F)F)C2)cc1. The van der Waals surface area contributed by atoms with Gasteiger partial charge in [0.1, 0.15) is 29.1 Å². The molecule has 53 heavy (non-hydrogen) atoms. The first-order chi connectivity index (χ1) is 25.5. The van der Waals surface area contributed by atoms with Gasteiger partial charge in [-0.1, -0.05) is 48.5 Å². The van der Waals surface area contributed by atoms with Crippen molar-refractivity contribution in [3.8, 4) is 0 Å². The molecule has 4 aliphatic heterocycles. The fraction of sp³-hybridized carbons (Fsp3) is 0.381. The van der Waals surface area contributed by atoms with Crippen molar-refractivity contribution in [1.82, 2.24) is 20.4 Å². The van der Waals surface area contributed by atoms with Crippen LogP contribution in [0.5, 0.6) is 0 Å². The predicted molar refractivity (Wildman–Crippen MR) is 191 cm³/mol. The second kappa shape index (κ2) is 15.4. The van der Waals surface area contributed by atoms with Crippen molar-refractivity contribution in [3.63, 3.8) is 0 Å². The molecular formula is C42H43F7N4. The number of nitrogens with zero attached hydrogens (tertiary/aromatic N) is 2. The van der Waals surface area contributed by atoms with Crippen molar-refractivity contribution in [2.45, 2.75) is 37.3 Å². The molecule has 0 aliphatic carbocycles. The number of hydrogen-bond acceptors (Lipinski definition) is 4. The summed E-state index contributed by atoms with van der Waals surface area (Å²) in [6, 6.07) is 24.4. The van der Waals surface area contributed by atoms with Crippen LogP contribution >= 0.6 is 0 Å².